The number of phenolic OH excluding ortho intramolecular Hbond substituents is 1. The number of ether oxygens (including phenoxy) is 2. The van der Waals surface area contributed by atoms with Crippen molar-refractivity contribution in [1.82, 2.24) is 0 Å². The van der Waals surface area contributed by atoms with Gasteiger partial charge in [-0.1, -0.05) is 24.3 Å². The maximum atomic E-state index is 12.6. The molecule has 28 heavy (non-hydrogen) atoms. The van der Waals surface area contributed by atoms with E-state index in [1.165, 1.54) is 30.4 Å². The molecular weight excluding hydrogens is 387 g/mol. The number of alkyl halides is 5. The molecule has 0 radical (unpaired) electrons. The van der Waals surface area contributed by atoms with E-state index in [1.807, 2.05) is 0 Å². The molecule has 0 aliphatic rings. The van der Waals surface area contributed by atoms with Gasteiger partial charge >= 0.3 is 12.1 Å². The minimum atomic E-state index is -4.47. The fourth-order valence-electron chi connectivity index (χ4n) is 2.29. The van der Waals surface area contributed by atoms with Gasteiger partial charge in [0.1, 0.15) is 23.7 Å². The van der Waals surface area contributed by atoms with Crippen LogP contribution in [0, 0.1) is 0 Å². The summed E-state index contributed by atoms with van der Waals surface area (Å²) >= 11 is 0. The Morgan fingerprint density at radius 1 is 1.14 bits per heavy atom. The number of benzene rings is 2. The van der Waals surface area contributed by atoms with Crippen molar-refractivity contribution >= 4 is 18.1 Å². The topological polar surface area (TPSA) is 55.8 Å². The van der Waals surface area contributed by atoms with E-state index in [0.29, 0.717) is 5.56 Å². The van der Waals surface area contributed by atoms with Gasteiger partial charge in [-0.2, -0.15) is 13.2 Å². The second-order valence-corrected chi connectivity index (χ2v) is 5.55. The Kier molecular flexibility index (Phi) is 6.61. The summed E-state index contributed by atoms with van der Waals surface area (Å²) in [6.07, 6.45) is -4.50. The molecule has 0 aliphatic carbocycles. The summed E-state index contributed by atoms with van der Waals surface area (Å²) in [7, 11) is 1.09. The van der Waals surface area contributed by atoms with Gasteiger partial charge in [0.2, 0.25) is 0 Å². The molecule has 0 spiro atoms. The molecule has 0 aromatic heterocycles. The maximum absolute atomic E-state index is 12.6. The summed E-state index contributed by atoms with van der Waals surface area (Å²) in [6, 6.07) is 6.43. The Morgan fingerprint density at radius 2 is 1.79 bits per heavy atom. The smallest absolute Gasteiger partial charge is 0.416 e. The first-order valence-electron chi connectivity index (χ1n) is 7.83. The van der Waals surface area contributed by atoms with Crippen LogP contribution < -0.4 is 4.74 Å². The fraction of sp³-hybridized carbons (Fsp3) is 0.211. The standard InChI is InChI=1S/C19H15F5O4/c1-27-18(26)17-12(8-14(9-15(17)25)28-10-16(20)21)5-2-11-3-6-13(7-4-11)19(22,23)24/h2-9,16,25H,10H2,1H3. The third-order valence-corrected chi connectivity index (χ3v) is 3.58. The zero-order valence-corrected chi connectivity index (χ0v) is 14.5. The normalized spacial score (nSPS) is 11.8. The predicted octanol–water partition coefficient (Wildman–Crippen LogP) is 5.01. The number of hydrogen-bond donors (Lipinski definition) is 1. The van der Waals surface area contributed by atoms with Crippen LogP contribution in [0.1, 0.15) is 27.0 Å². The Hall–Kier alpha value is -3.10. The molecule has 0 fully saturated rings. The van der Waals surface area contributed by atoms with Gasteiger partial charge in [0, 0.05) is 6.07 Å². The molecule has 0 atom stereocenters. The van der Waals surface area contributed by atoms with Crippen molar-refractivity contribution < 1.29 is 41.3 Å². The highest BCUT2D eigenvalue weighted by atomic mass is 19.4. The molecule has 0 heterocycles. The first-order chi connectivity index (χ1) is 13.1. The van der Waals surface area contributed by atoms with E-state index in [1.54, 1.807) is 0 Å². The van der Waals surface area contributed by atoms with E-state index >= 15 is 0 Å². The minimum Gasteiger partial charge on any atom is -0.507 e. The summed E-state index contributed by atoms with van der Waals surface area (Å²) in [5, 5.41) is 10.0. The van der Waals surface area contributed by atoms with Crippen molar-refractivity contribution in [3.8, 4) is 11.5 Å². The molecule has 150 valence electrons. The van der Waals surface area contributed by atoms with Crippen molar-refractivity contribution in [2.24, 2.45) is 0 Å². The lowest BCUT2D eigenvalue weighted by atomic mass is 10.0. The van der Waals surface area contributed by atoms with Crippen LogP contribution in [0.15, 0.2) is 36.4 Å². The first kappa shape index (κ1) is 21.2. The van der Waals surface area contributed by atoms with Crippen molar-refractivity contribution in [1.29, 1.82) is 0 Å². The number of phenols is 1. The average Bonchev–Trinajstić information content (AvgIpc) is 2.63. The number of hydrogen-bond acceptors (Lipinski definition) is 4. The van der Waals surface area contributed by atoms with Crippen molar-refractivity contribution in [3.05, 3.63) is 58.7 Å². The van der Waals surface area contributed by atoms with E-state index in [0.717, 1.165) is 25.3 Å². The Balaban J connectivity index is 2.38. The molecular formula is C19H15F5O4. The van der Waals surface area contributed by atoms with Gasteiger partial charge in [-0.15, -0.1) is 0 Å². The van der Waals surface area contributed by atoms with Gasteiger partial charge in [0.15, 0.2) is 0 Å². The summed E-state index contributed by atoms with van der Waals surface area (Å²) in [6.45, 7) is -0.918. The van der Waals surface area contributed by atoms with Crippen molar-refractivity contribution in [2.45, 2.75) is 12.6 Å². The highest BCUT2D eigenvalue weighted by Gasteiger charge is 2.29. The Morgan fingerprint density at radius 3 is 2.32 bits per heavy atom. The molecule has 0 saturated heterocycles. The molecule has 0 saturated carbocycles. The van der Waals surface area contributed by atoms with E-state index in [9.17, 15) is 31.9 Å². The van der Waals surface area contributed by atoms with Gasteiger partial charge in [-0.25, -0.2) is 13.6 Å². The molecule has 9 heteroatoms. The number of methoxy groups -OCH3 is 1. The van der Waals surface area contributed by atoms with Crippen LogP contribution in [0.25, 0.3) is 12.2 Å². The maximum Gasteiger partial charge on any atom is 0.416 e. The quantitative estimate of drug-likeness (QED) is 0.419. The minimum absolute atomic E-state index is 0.0796. The Bertz CT molecular complexity index is 858. The van der Waals surface area contributed by atoms with Gasteiger partial charge in [0.25, 0.3) is 6.43 Å². The lowest BCUT2D eigenvalue weighted by Crippen LogP contribution is -2.09. The number of halogens is 5. The van der Waals surface area contributed by atoms with E-state index in [-0.39, 0.29) is 16.9 Å². The SMILES string of the molecule is COC(=O)c1c(O)cc(OCC(F)F)cc1C=Cc1ccc(C(F)(F)F)cc1. The van der Waals surface area contributed by atoms with Crippen LogP contribution in [0.3, 0.4) is 0 Å². The molecule has 0 aliphatic heterocycles. The second kappa shape index (κ2) is 8.73. The van der Waals surface area contributed by atoms with Crippen molar-refractivity contribution in [3.63, 3.8) is 0 Å². The number of rotatable bonds is 6. The number of aromatic hydroxyl groups is 1. The first-order valence-corrected chi connectivity index (χ1v) is 7.83. The molecule has 1 N–H and O–H groups in total. The van der Waals surface area contributed by atoms with Crippen LogP contribution in [0.2, 0.25) is 0 Å². The van der Waals surface area contributed by atoms with E-state index in [2.05, 4.69) is 4.74 Å². The lowest BCUT2D eigenvalue weighted by molar-refractivity contribution is -0.137. The number of esters is 1. The zero-order valence-electron chi connectivity index (χ0n) is 14.5. The van der Waals surface area contributed by atoms with Crippen LogP contribution in [0.4, 0.5) is 22.0 Å². The number of carbonyl (C=O) groups is 1. The van der Waals surface area contributed by atoms with Crippen molar-refractivity contribution in [2.75, 3.05) is 13.7 Å². The molecule has 0 bridgehead atoms. The van der Waals surface area contributed by atoms with Crippen LogP contribution >= 0.6 is 0 Å². The third-order valence-electron chi connectivity index (χ3n) is 3.58. The van der Waals surface area contributed by atoms with Gasteiger partial charge in [-0.05, 0) is 29.3 Å². The Labute approximate surface area is 156 Å². The molecule has 0 amide bonds. The second-order valence-electron chi connectivity index (χ2n) is 5.55. The molecule has 4 nitrogen and oxygen atoms in total. The molecule has 2 rings (SSSR count). The van der Waals surface area contributed by atoms with E-state index in [4.69, 9.17) is 4.74 Å². The average molecular weight is 402 g/mol. The monoisotopic (exact) mass is 402 g/mol. The van der Waals surface area contributed by atoms with Gasteiger partial charge in [0.05, 0.1) is 12.7 Å². The van der Waals surface area contributed by atoms with Gasteiger partial charge < -0.3 is 14.6 Å². The highest BCUT2D eigenvalue weighted by molar-refractivity contribution is 5.98. The van der Waals surface area contributed by atoms with Crippen LogP contribution in [-0.2, 0) is 10.9 Å². The van der Waals surface area contributed by atoms with E-state index < -0.39 is 36.5 Å². The highest BCUT2D eigenvalue weighted by Crippen LogP contribution is 2.31. The summed E-state index contributed by atoms with van der Waals surface area (Å²) in [5.74, 6) is -1.55. The lowest BCUT2D eigenvalue weighted by Gasteiger charge is -2.11. The predicted molar refractivity (Wildman–Crippen MR) is 91.3 cm³/mol. The van der Waals surface area contributed by atoms with Gasteiger partial charge in [-0.3, -0.25) is 0 Å². The molecule has 0 unspecified atom stereocenters. The van der Waals surface area contributed by atoms with Crippen LogP contribution in [-0.4, -0.2) is 31.2 Å². The fourth-order valence-corrected chi connectivity index (χ4v) is 2.29. The summed E-state index contributed by atoms with van der Waals surface area (Å²) in [5.41, 5.74) is -0.603. The third kappa shape index (κ3) is 5.45. The summed E-state index contributed by atoms with van der Waals surface area (Å²) < 4.78 is 71.9. The number of carbonyl (C=O) groups excluding carboxylic acids is 1. The molecule has 2 aromatic rings. The molecule has 2 aromatic carbocycles. The largest absolute Gasteiger partial charge is 0.507 e. The zero-order chi connectivity index (χ0) is 20.9. The van der Waals surface area contributed by atoms with Crippen LogP contribution in [0.5, 0.6) is 11.5 Å². The summed E-state index contributed by atoms with van der Waals surface area (Å²) in [4.78, 5) is 11.9.